The lowest BCUT2D eigenvalue weighted by atomic mass is 10.0. The number of rotatable bonds is 3. The van der Waals surface area contributed by atoms with Gasteiger partial charge in [0.05, 0.1) is 11.6 Å². The fraction of sp³-hybridized carbons (Fsp3) is 0.214. The van der Waals surface area contributed by atoms with Gasteiger partial charge in [-0.3, -0.25) is 0 Å². The number of nitrogens with two attached hydrogens (primary N) is 1. The molecule has 2 aromatic rings. The van der Waals surface area contributed by atoms with Crippen LogP contribution in [-0.4, -0.2) is 9.97 Å². The molecule has 0 saturated carbocycles. The van der Waals surface area contributed by atoms with Crippen molar-refractivity contribution in [2.75, 3.05) is 11.1 Å². The lowest BCUT2D eigenvalue weighted by molar-refractivity contribution is 0.855. The van der Waals surface area contributed by atoms with E-state index in [0.29, 0.717) is 17.2 Å². The predicted octanol–water partition coefficient (Wildman–Crippen LogP) is 2.80. The van der Waals surface area contributed by atoms with Crippen LogP contribution in [0.1, 0.15) is 30.9 Å². The van der Waals surface area contributed by atoms with Gasteiger partial charge in [0, 0.05) is 11.3 Å². The number of anilines is 3. The van der Waals surface area contributed by atoms with Crippen LogP contribution in [0.5, 0.6) is 0 Å². The highest BCUT2D eigenvalue weighted by Crippen LogP contribution is 2.28. The lowest BCUT2D eigenvalue weighted by Gasteiger charge is -2.14. The predicted molar refractivity (Wildman–Crippen MR) is 75.0 cm³/mol. The third-order valence-corrected chi connectivity index (χ3v) is 2.77. The number of nitriles is 1. The summed E-state index contributed by atoms with van der Waals surface area (Å²) >= 11 is 0. The van der Waals surface area contributed by atoms with Gasteiger partial charge in [0.15, 0.2) is 0 Å². The summed E-state index contributed by atoms with van der Waals surface area (Å²) in [4.78, 5) is 8.25. The van der Waals surface area contributed by atoms with E-state index in [1.54, 1.807) is 12.1 Å². The molecule has 5 heteroatoms. The summed E-state index contributed by atoms with van der Waals surface area (Å²) in [7, 11) is 0. The molecule has 1 heterocycles. The summed E-state index contributed by atoms with van der Waals surface area (Å²) in [6, 6.07) is 9.26. The van der Waals surface area contributed by atoms with Crippen LogP contribution in [0.3, 0.4) is 0 Å². The van der Waals surface area contributed by atoms with E-state index in [4.69, 9.17) is 11.0 Å². The highest BCUT2D eigenvalue weighted by atomic mass is 15.0. The Bertz CT molecular complexity index is 611. The van der Waals surface area contributed by atoms with Crippen LogP contribution >= 0.6 is 0 Å². The van der Waals surface area contributed by atoms with Gasteiger partial charge < -0.3 is 11.1 Å². The van der Waals surface area contributed by atoms with Crippen LogP contribution in [0.15, 0.2) is 30.6 Å². The van der Waals surface area contributed by atoms with Crippen molar-refractivity contribution in [3.63, 3.8) is 0 Å². The summed E-state index contributed by atoms with van der Waals surface area (Å²) in [5, 5.41) is 12.0. The Kier molecular flexibility index (Phi) is 3.62. The third kappa shape index (κ3) is 2.80. The van der Waals surface area contributed by atoms with Gasteiger partial charge in [-0.2, -0.15) is 5.26 Å². The van der Waals surface area contributed by atoms with Gasteiger partial charge in [-0.1, -0.05) is 13.8 Å². The molecule has 5 nitrogen and oxygen atoms in total. The van der Waals surface area contributed by atoms with E-state index in [-0.39, 0.29) is 5.92 Å². The van der Waals surface area contributed by atoms with Crippen LogP contribution in [0.25, 0.3) is 0 Å². The Morgan fingerprint density at radius 3 is 2.47 bits per heavy atom. The first kappa shape index (κ1) is 12.8. The fourth-order valence-corrected chi connectivity index (χ4v) is 1.84. The van der Waals surface area contributed by atoms with Crippen molar-refractivity contribution in [3.05, 3.63) is 41.7 Å². The molecule has 2 rings (SSSR count). The molecule has 0 amide bonds. The van der Waals surface area contributed by atoms with Crippen LogP contribution in [0.4, 0.5) is 17.3 Å². The quantitative estimate of drug-likeness (QED) is 0.878. The second-order valence-electron chi connectivity index (χ2n) is 4.49. The summed E-state index contributed by atoms with van der Waals surface area (Å²) in [5.74, 6) is 1.41. The average Bonchev–Trinajstić information content (AvgIpc) is 2.39. The number of benzene rings is 1. The van der Waals surface area contributed by atoms with Crippen molar-refractivity contribution in [1.29, 1.82) is 5.26 Å². The van der Waals surface area contributed by atoms with E-state index in [9.17, 15) is 0 Å². The standard InChI is InChI=1S/C14H15N5/c1-9(2)12-13(16)17-8-18-14(12)19-11-5-3-10(7-15)4-6-11/h3-6,8-9H,1-2H3,(H3,16,17,18,19). The maximum Gasteiger partial charge on any atom is 0.139 e. The zero-order chi connectivity index (χ0) is 13.8. The van der Waals surface area contributed by atoms with Crippen LogP contribution in [0, 0.1) is 11.3 Å². The smallest absolute Gasteiger partial charge is 0.139 e. The van der Waals surface area contributed by atoms with Gasteiger partial charge >= 0.3 is 0 Å². The number of nitrogen functional groups attached to an aromatic ring is 1. The highest BCUT2D eigenvalue weighted by Gasteiger charge is 2.12. The minimum Gasteiger partial charge on any atom is -0.383 e. The zero-order valence-electron chi connectivity index (χ0n) is 10.9. The molecule has 0 unspecified atom stereocenters. The maximum absolute atomic E-state index is 8.76. The number of aromatic nitrogens is 2. The van der Waals surface area contributed by atoms with Crippen molar-refractivity contribution in [3.8, 4) is 6.07 Å². The molecule has 0 spiro atoms. The SMILES string of the molecule is CC(C)c1c(N)ncnc1Nc1ccc(C#N)cc1. The molecule has 0 aliphatic rings. The van der Waals surface area contributed by atoms with Crippen molar-refractivity contribution in [2.24, 2.45) is 0 Å². The Labute approximate surface area is 112 Å². The first-order valence-corrected chi connectivity index (χ1v) is 5.99. The molecule has 0 bridgehead atoms. The first-order valence-electron chi connectivity index (χ1n) is 5.99. The Morgan fingerprint density at radius 1 is 1.21 bits per heavy atom. The van der Waals surface area contributed by atoms with Crippen LogP contribution < -0.4 is 11.1 Å². The van der Waals surface area contributed by atoms with Crippen molar-refractivity contribution < 1.29 is 0 Å². The van der Waals surface area contributed by atoms with Gasteiger partial charge in [-0.05, 0) is 30.2 Å². The van der Waals surface area contributed by atoms with Crippen LogP contribution in [0.2, 0.25) is 0 Å². The number of nitrogens with zero attached hydrogens (tertiary/aromatic N) is 3. The molecule has 19 heavy (non-hydrogen) atoms. The summed E-state index contributed by atoms with van der Waals surface area (Å²) in [6.07, 6.45) is 1.44. The molecule has 0 atom stereocenters. The third-order valence-electron chi connectivity index (χ3n) is 2.77. The van der Waals surface area contributed by atoms with E-state index in [1.807, 2.05) is 26.0 Å². The topological polar surface area (TPSA) is 87.6 Å². The molecule has 3 N–H and O–H groups in total. The molecule has 0 aliphatic heterocycles. The molecule has 96 valence electrons. The Balaban J connectivity index is 2.33. The minimum atomic E-state index is 0.224. The fourth-order valence-electron chi connectivity index (χ4n) is 1.84. The maximum atomic E-state index is 8.76. The minimum absolute atomic E-state index is 0.224. The van der Waals surface area contributed by atoms with Crippen molar-refractivity contribution in [2.45, 2.75) is 19.8 Å². The van der Waals surface area contributed by atoms with E-state index >= 15 is 0 Å². The van der Waals surface area contributed by atoms with E-state index in [2.05, 4.69) is 21.4 Å². The van der Waals surface area contributed by atoms with Gasteiger partial charge in [-0.25, -0.2) is 9.97 Å². The van der Waals surface area contributed by atoms with Crippen LogP contribution in [-0.2, 0) is 0 Å². The molecule has 0 fully saturated rings. The normalized spacial score (nSPS) is 10.2. The molecule has 0 saturated heterocycles. The lowest BCUT2D eigenvalue weighted by Crippen LogP contribution is -2.06. The summed E-state index contributed by atoms with van der Waals surface area (Å²) in [5.41, 5.74) is 8.26. The molecular weight excluding hydrogens is 238 g/mol. The number of hydrogen-bond acceptors (Lipinski definition) is 5. The number of nitrogens with one attached hydrogen (secondary N) is 1. The number of hydrogen-bond donors (Lipinski definition) is 2. The van der Waals surface area contributed by atoms with Gasteiger partial charge in [0.1, 0.15) is 18.0 Å². The average molecular weight is 253 g/mol. The Morgan fingerprint density at radius 2 is 1.89 bits per heavy atom. The largest absolute Gasteiger partial charge is 0.383 e. The van der Waals surface area contributed by atoms with Crippen molar-refractivity contribution in [1.82, 2.24) is 9.97 Å². The van der Waals surface area contributed by atoms with E-state index in [1.165, 1.54) is 6.33 Å². The molecule has 0 aliphatic carbocycles. The van der Waals surface area contributed by atoms with Gasteiger partial charge in [-0.15, -0.1) is 0 Å². The zero-order valence-corrected chi connectivity index (χ0v) is 10.9. The van der Waals surface area contributed by atoms with Crippen molar-refractivity contribution >= 4 is 17.3 Å². The van der Waals surface area contributed by atoms with Gasteiger partial charge in [0.25, 0.3) is 0 Å². The summed E-state index contributed by atoms with van der Waals surface area (Å²) in [6.45, 7) is 4.08. The molecular formula is C14H15N5. The molecule has 1 aromatic carbocycles. The Hall–Kier alpha value is -2.61. The molecule has 0 radical (unpaired) electrons. The van der Waals surface area contributed by atoms with E-state index < -0.39 is 0 Å². The second-order valence-corrected chi connectivity index (χ2v) is 4.49. The summed E-state index contributed by atoms with van der Waals surface area (Å²) < 4.78 is 0. The van der Waals surface area contributed by atoms with E-state index in [0.717, 1.165) is 11.3 Å². The molecule has 1 aromatic heterocycles. The van der Waals surface area contributed by atoms with Gasteiger partial charge in [0.2, 0.25) is 0 Å². The monoisotopic (exact) mass is 253 g/mol. The first-order chi connectivity index (χ1) is 9.11. The highest BCUT2D eigenvalue weighted by molar-refractivity contribution is 5.65. The second kappa shape index (κ2) is 5.36.